The first-order chi connectivity index (χ1) is 8.50. The molecule has 5 heteroatoms. The monoisotopic (exact) mass is 262 g/mol. The summed E-state index contributed by atoms with van der Waals surface area (Å²) in [4.78, 5) is 23.6. The number of Topliss-reactive ketones (excluding diaryl/α,β-unsaturated/α-hetero) is 1. The third-order valence-electron chi connectivity index (χ3n) is 2.89. The van der Waals surface area contributed by atoms with Crippen molar-refractivity contribution < 1.29 is 9.59 Å². The van der Waals surface area contributed by atoms with Crippen LogP contribution < -0.4 is 11.5 Å². The zero-order valence-electron chi connectivity index (χ0n) is 10.0. The maximum Gasteiger partial charge on any atom is 0.251 e. The topological polar surface area (TPSA) is 86.2 Å². The molecule has 1 amide bonds. The Labute approximate surface area is 109 Å². The number of hydrogen-bond donors (Lipinski definition) is 2. The normalized spacial score (nSPS) is 14.9. The Hall–Kier alpha value is -1.88. The van der Waals surface area contributed by atoms with E-state index in [0.29, 0.717) is 10.6 Å². The first-order valence-electron chi connectivity index (χ1n) is 5.61. The average Bonchev–Trinajstić information content (AvgIpc) is 2.71. The van der Waals surface area contributed by atoms with Crippen LogP contribution in [0, 0.1) is 0 Å². The number of rotatable bonds is 3. The molecule has 0 fully saturated rings. The minimum Gasteiger partial charge on any atom is -0.390 e. The van der Waals surface area contributed by atoms with Crippen LogP contribution in [0.15, 0.2) is 23.8 Å². The third kappa shape index (κ3) is 2.22. The summed E-state index contributed by atoms with van der Waals surface area (Å²) in [5, 5.41) is 0.395. The summed E-state index contributed by atoms with van der Waals surface area (Å²) in [7, 11) is 0. The van der Waals surface area contributed by atoms with E-state index in [2.05, 4.69) is 0 Å². The van der Waals surface area contributed by atoms with E-state index in [9.17, 15) is 9.59 Å². The maximum absolute atomic E-state index is 11.6. The SMILES string of the molecule is CC(=O)C1=C(c2cc(C(N)=O)c(N)s2)C=CCC1. The van der Waals surface area contributed by atoms with E-state index >= 15 is 0 Å². The number of allylic oxidation sites excluding steroid dienone is 4. The summed E-state index contributed by atoms with van der Waals surface area (Å²) in [5.74, 6) is -0.485. The van der Waals surface area contributed by atoms with Gasteiger partial charge in [0.05, 0.1) is 10.6 Å². The van der Waals surface area contributed by atoms with Crippen molar-refractivity contribution in [2.75, 3.05) is 5.73 Å². The lowest BCUT2D eigenvalue weighted by Gasteiger charge is -2.12. The van der Waals surface area contributed by atoms with Crippen LogP contribution in [0.4, 0.5) is 5.00 Å². The van der Waals surface area contributed by atoms with Crippen LogP contribution in [0.1, 0.15) is 35.0 Å². The van der Waals surface area contributed by atoms with Gasteiger partial charge in [0, 0.05) is 10.5 Å². The number of nitrogens with two attached hydrogens (primary N) is 2. The van der Waals surface area contributed by atoms with Crippen molar-refractivity contribution in [1.29, 1.82) is 0 Å². The Kier molecular flexibility index (Phi) is 3.34. The van der Waals surface area contributed by atoms with Crippen LogP contribution in [0.25, 0.3) is 5.57 Å². The number of carbonyl (C=O) groups is 2. The van der Waals surface area contributed by atoms with Crippen LogP contribution >= 0.6 is 11.3 Å². The molecule has 1 aliphatic carbocycles. The summed E-state index contributed by atoms with van der Waals surface area (Å²) in [5.41, 5.74) is 13.0. The minimum absolute atomic E-state index is 0.0574. The molecule has 4 nitrogen and oxygen atoms in total. The van der Waals surface area contributed by atoms with Crippen LogP contribution in [-0.2, 0) is 4.79 Å². The zero-order valence-corrected chi connectivity index (χ0v) is 10.8. The third-order valence-corrected chi connectivity index (χ3v) is 3.88. The van der Waals surface area contributed by atoms with Gasteiger partial charge < -0.3 is 11.5 Å². The second-order valence-electron chi connectivity index (χ2n) is 4.14. The van der Waals surface area contributed by atoms with Crippen molar-refractivity contribution in [1.82, 2.24) is 0 Å². The highest BCUT2D eigenvalue weighted by atomic mass is 32.1. The fourth-order valence-electron chi connectivity index (χ4n) is 1.99. The lowest BCUT2D eigenvalue weighted by atomic mass is 9.94. The average molecular weight is 262 g/mol. The highest BCUT2D eigenvalue weighted by molar-refractivity contribution is 7.17. The lowest BCUT2D eigenvalue weighted by molar-refractivity contribution is -0.113. The number of carbonyl (C=O) groups excluding carboxylic acids is 2. The molecule has 2 rings (SSSR count). The molecule has 0 aliphatic heterocycles. The fourth-order valence-corrected chi connectivity index (χ4v) is 2.98. The molecule has 0 bridgehead atoms. The van der Waals surface area contributed by atoms with E-state index in [1.165, 1.54) is 11.3 Å². The van der Waals surface area contributed by atoms with Crippen molar-refractivity contribution in [3.8, 4) is 0 Å². The van der Waals surface area contributed by atoms with Crippen molar-refractivity contribution >= 4 is 33.6 Å². The maximum atomic E-state index is 11.6. The smallest absolute Gasteiger partial charge is 0.251 e. The molecular formula is C13H14N2O2S. The van der Waals surface area contributed by atoms with Crippen LogP contribution in [0.5, 0.6) is 0 Å². The van der Waals surface area contributed by atoms with E-state index in [-0.39, 0.29) is 5.78 Å². The lowest BCUT2D eigenvalue weighted by Crippen LogP contribution is -2.11. The van der Waals surface area contributed by atoms with Gasteiger partial charge in [-0.3, -0.25) is 9.59 Å². The van der Waals surface area contributed by atoms with Crippen molar-refractivity contribution in [3.05, 3.63) is 34.2 Å². The summed E-state index contributed by atoms with van der Waals surface area (Å²) in [6, 6.07) is 1.66. The highest BCUT2D eigenvalue weighted by Gasteiger charge is 2.18. The van der Waals surface area contributed by atoms with Gasteiger partial charge in [-0.1, -0.05) is 12.2 Å². The molecule has 0 atom stereocenters. The number of anilines is 1. The number of thiophene rings is 1. The predicted molar refractivity (Wildman–Crippen MR) is 73.2 cm³/mol. The van der Waals surface area contributed by atoms with E-state index in [1.807, 2.05) is 12.2 Å². The molecule has 1 heterocycles. The van der Waals surface area contributed by atoms with Gasteiger partial charge in [0.25, 0.3) is 5.91 Å². The van der Waals surface area contributed by atoms with Gasteiger partial charge in [-0.25, -0.2) is 0 Å². The Morgan fingerprint density at radius 2 is 2.11 bits per heavy atom. The molecule has 0 saturated heterocycles. The number of primary amides is 1. The summed E-state index contributed by atoms with van der Waals surface area (Å²) in [6.45, 7) is 1.56. The molecule has 0 aromatic carbocycles. The molecule has 0 saturated carbocycles. The van der Waals surface area contributed by atoms with Crippen molar-refractivity contribution in [3.63, 3.8) is 0 Å². The molecule has 1 aliphatic rings. The van der Waals surface area contributed by atoms with E-state index in [0.717, 1.165) is 28.9 Å². The molecule has 0 radical (unpaired) electrons. The largest absolute Gasteiger partial charge is 0.390 e. The second kappa shape index (κ2) is 4.78. The first kappa shape index (κ1) is 12.6. The van der Waals surface area contributed by atoms with Gasteiger partial charge in [0.2, 0.25) is 0 Å². The number of ketones is 1. The number of amides is 1. The first-order valence-corrected chi connectivity index (χ1v) is 6.42. The quantitative estimate of drug-likeness (QED) is 0.874. The Balaban J connectivity index is 2.53. The fraction of sp³-hybridized carbons (Fsp3) is 0.231. The van der Waals surface area contributed by atoms with E-state index in [4.69, 9.17) is 11.5 Å². The molecule has 0 unspecified atom stereocenters. The molecule has 1 aromatic rings. The Bertz CT molecular complexity index is 582. The molecular weight excluding hydrogens is 248 g/mol. The highest BCUT2D eigenvalue weighted by Crippen LogP contribution is 2.35. The van der Waals surface area contributed by atoms with Crippen LogP contribution in [0.3, 0.4) is 0 Å². The van der Waals surface area contributed by atoms with Crippen LogP contribution in [0.2, 0.25) is 0 Å². The zero-order chi connectivity index (χ0) is 13.3. The van der Waals surface area contributed by atoms with E-state index in [1.54, 1.807) is 13.0 Å². The standard InChI is InChI=1S/C13H14N2O2S/c1-7(16)8-4-2-3-5-9(8)11-6-10(12(14)17)13(15)18-11/h3,5-6H,2,4,15H2,1H3,(H2,14,17). The van der Waals surface area contributed by atoms with Crippen molar-refractivity contribution in [2.24, 2.45) is 5.73 Å². The summed E-state index contributed by atoms with van der Waals surface area (Å²) in [6.07, 6.45) is 5.52. The van der Waals surface area contributed by atoms with Crippen LogP contribution in [-0.4, -0.2) is 11.7 Å². The molecule has 1 aromatic heterocycles. The Morgan fingerprint density at radius 1 is 1.39 bits per heavy atom. The minimum atomic E-state index is -0.542. The molecule has 18 heavy (non-hydrogen) atoms. The molecule has 4 N–H and O–H groups in total. The number of nitrogen functional groups attached to an aromatic ring is 1. The predicted octanol–water partition coefficient (Wildman–Crippen LogP) is 2.12. The van der Waals surface area contributed by atoms with Gasteiger partial charge in [-0.15, -0.1) is 11.3 Å². The summed E-state index contributed by atoms with van der Waals surface area (Å²) < 4.78 is 0. The van der Waals surface area contributed by atoms with Gasteiger partial charge in [-0.2, -0.15) is 0 Å². The van der Waals surface area contributed by atoms with Crippen molar-refractivity contribution in [2.45, 2.75) is 19.8 Å². The molecule has 94 valence electrons. The Morgan fingerprint density at radius 3 is 2.67 bits per heavy atom. The van der Waals surface area contributed by atoms with Gasteiger partial charge in [-0.05, 0) is 31.4 Å². The van der Waals surface area contributed by atoms with Gasteiger partial charge in [0.1, 0.15) is 0 Å². The number of hydrogen-bond acceptors (Lipinski definition) is 4. The van der Waals surface area contributed by atoms with E-state index < -0.39 is 5.91 Å². The molecule has 0 spiro atoms. The van der Waals surface area contributed by atoms with Gasteiger partial charge in [0.15, 0.2) is 5.78 Å². The van der Waals surface area contributed by atoms with Gasteiger partial charge >= 0.3 is 0 Å². The second-order valence-corrected chi connectivity index (χ2v) is 5.23. The summed E-state index contributed by atoms with van der Waals surface area (Å²) >= 11 is 1.29.